The molecule has 2 N–H and O–H groups in total. The first-order chi connectivity index (χ1) is 8.40. The highest BCUT2D eigenvalue weighted by Gasteiger charge is 2.16. The molecule has 1 aromatic heterocycles. The van der Waals surface area contributed by atoms with Gasteiger partial charge in [-0.05, 0) is 13.0 Å². The van der Waals surface area contributed by atoms with Gasteiger partial charge in [0.25, 0.3) is 0 Å². The quantitative estimate of drug-likeness (QED) is 0.451. The second-order valence-corrected chi connectivity index (χ2v) is 3.77. The van der Waals surface area contributed by atoms with Gasteiger partial charge in [0, 0.05) is 13.0 Å². The molecule has 2 aromatic rings. The van der Waals surface area contributed by atoms with Gasteiger partial charge in [-0.3, -0.25) is 4.79 Å². The summed E-state index contributed by atoms with van der Waals surface area (Å²) in [5.74, 6) is -1.41. The van der Waals surface area contributed by atoms with Gasteiger partial charge in [-0.25, -0.2) is 4.79 Å². The molecule has 0 atom stereocenters. The van der Waals surface area contributed by atoms with Crippen LogP contribution in [0.2, 0.25) is 0 Å². The van der Waals surface area contributed by atoms with Crippen LogP contribution in [0.4, 0.5) is 0 Å². The van der Waals surface area contributed by atoms with Crippen LogP contribution < -0.4 is 10.4 Å². The number of phenols is 2. The average Bonchev–Trinajstić information content (AvgIpc) is 2.28. The Morgan fingerprint density at radius 1 is 1.28 bits per heavy atom. The maximum atomic E-state index is 11.5. The summed E-state index contributed by atoms with van der Waals surface area (Å²) in [6.07, 6.45) is 0. The number of esters is 1. The maximum Gasteiger partial charge on any atom is 0.342 e. The van der Waals surface area contributed by atoms with Gasteiger partial charge in [0.05, 0.1) is 10.9 Å². The minimum atomic E-state index is -0.677. The first kappa shape index (κ1) is 12.0. The number of aromatic hydroxyl groups is 2. The normalized spacial score (nSPS) is 10.6. The molecule has 0 spiro atoms. The van der Waals surface area contributed by atoms with E-state index < -0.39 is 23.1 Å². The van der Waals surface area contributed by atoms with Crippen LogP contribution in [0.15, 0.2) is 21.3 Å². The smallest absolute Gasteiger partial charge is 0.342 e. The van der Waals surface area contributed by atoms with E-state index in [4.69, 9.17) is 9.15 Å². The number of phenolic OH excluding ortho intramolecular Hbond substituents is 2. The van der Waals surface area contributed by atoms with Crippen LogP contribution in [0.1, 0.15) is 12.5 Å². The van der Waals surface area contributed by atoms with E-state index in [1.807, 2.05) is 0 Å². The lowest BCUT2D eigenvalue weighted by molar-refractivity contribution is -0.131. The number of carbonyl (C=O) groups is 1. The van der Waals surface area contributed by atoms with E-state index in [0.717, 1.165) is 6.07 Å². The third-order valence-corrected chi connectivity index (χ3v) is 2.42. The molecule has 2 rings (SSSR count). The molecule has 0 bridgehead atoms. The van der Waals surface area contributed by atoms with E-state index in [2.05, 4.69) is 0 Å². The highest BCUT2D eigenvalue weighted by molar-refractivity contribution is 5.89. The van der Waals surface area contributed by atoms with Gasteiger partial charge in [0.15, 0.2) is 17.2 Å². The fourth-order valence-electron chi connectivity index (χ4n) is 1.57. The van der Waals surface area contributed by atoms with Crippen molar-refractivity contribution >= 4 is 16.9 Å². The molecule has 0 saturated heterocycles. The standard InChI is InChI=1S/C12H10O6/c1-5-11(17-6(2)13)7-3-8(14)9(15)4-10(7)18-12(5)16/h3-4,14-15H,1-2H3. The van der Waals surface area contributed by atoms with E-state index in [-0.39, 0.29) is 22.3 Å². The molecule has 0 aliphatic heterocycles. The Bertz CT molecular complexity index is 698. The van der Waals surface area contributed by atoms with Crippen LogP contribution in [-0.4, -0.2) is 16.2 Å². The minimum Gasteiger partial charge on any atom is -0.504 e. The number of rotatable bonds is 1. The van der Waals surface area contributed by atoms with Crippen molar-refractivity contribution in [2.45, 2.75) is 13.8 Å². The summed E-state index contributed by atoms with van der Waals surface area (Å²) in [7, 11) is 0. The van der Waals surface area contributed by atoms with Gasteiger partial charge < -0.3 is 19.4 Å². The highest BCUT2D eigenvalue weighted by Crippen LogP contribution is 2.35. The van der Waals surface area contributed by atoms with Gasteiger partial charge in [0.2, 0.25) is 0 Å². The maximum absolute atomic E-state index is 11.5. The Morgan fingerprint density at radius 3 is 2.50 bits per heavy atom. The van der Waals surface area contributed by atoms with Crippen molar-refractivity contribution < 1.29 is 24.2 Å². The lowest BCUT2D eigenvalue weighted by Gasteiger charge is -2.08. The molecular formula is C12H10O6. The van der Waals surface area contributed by atoms with Gasteiger partial charge in [-0.2, -0.15) is 0 Å². The van der Waals surface area contributed by atoms with Crippen LogP contribution in [0.25, 0.3) is 11.0 Å². The van der Waals surface area contributed by atoms with Crippen LogP contribution in [0.3, 0.4) is 0 Å². The highest BCUT2D eigenvalue weighted by atomic mass is 16.5. The Labute approximate surface area is 101 Å². The third kappa shape index (κ3) is 1.88. The first-order valence-electron chi connectivity index (χ1n) is 5.08. The van der Waals surface area contributed by atoms with Crippen LogP contribution in [0, 0.1) is 6.92 Å². The summed E-state index contributed by atoms with van der Waals surface area (Å²) in [5, 5.41) is 19.0. The molecule has 0 radical (unpaired) electrons. The second kappa shape index (κ2) is 4.06. The first-order valence-corrected chi connectivity index (χ1v) is 5.08. The molecule has 1 heterocycles. The van der Waals surface area contributed by atoms with Crippen molar-refractivity contribution in [1.82, 2.24) is 0 Å². The monoisotopic (exact) mass is 250 g/mol. The SMILES string of the molecule is CC(=O)Oc1c(C)c(=O)oc2cc(O)c(O)cc12. The van der Waals surface area contributed by atoms with Crippen LogP contribution in [-0.2, 0) is 4.79 Å². The molecule has 18 heavy (non-hydrogen) atoms. The molecule has 94 valence electrons. The van der Waals surface area contributed by atoms with Crippen molar-refractivity contribution in [3.63, 3.8) is 0 Å². The summed E-state index contributed by atoms with van der Waals surface area (Å²) in [5.41, 5.74) is -0.538. The zero-order valence-electron chi connectivity index (χ0n) is 9.68. The summed E-state index contributed by atoms with van der Waals surface area (Å²) in [4.78, 5) is 22.5. The predicted molar refractivity (Wildman–Crippen MR) is 61.9 cm³/mol. The van der Waals surface area contributed by atoms with Crippen molar-refractivity contribution in [2.24, 2.45) is 0 Å². The number of hydrogen-bond acceptors (Lipinski definition) is 6. The van der Waals surface area contributed by atoms with Crippen LogP contribution >= 0.6 is 0 Å². The number of fused-ring (bicyclic) bond motifs is 1. The summed E-state index contributed by atoms with van der Waals surface area (Å²) in [6.45, 7) is 2.63. The molecule has 0 amide bonds. The number of hydrogen-bond donors (Lipinski definition) is 2. The molecule has 1 aromatic carbocycles. The number of carbonyl (C=O) groups excluding carboxylic acids is 1. The molecule has 6 nitrogen and oxygen atoms in total. The predicted octanol–water partition coefficient (Wildman–Crippen LogP) is 1.44. The fourth-order valence-corrected chi connectivity index (χ4v) is 1.57. The van der Waals surface area contributed by atoms with E-state index in [1.54, 1.807) is 0 Å². The molecule has 0 unspecified atom stereocenters. The average molecular weight is 250 g/mol. The molecule has 0 aliphatic carbocycles. The Kier molecular flexibility index (Phi) is 2.70. The zero-order chi connectivity index (χ0) is 13.4. The van der Waals surface area contributed by atoms with E-state index >= 15 is 0 Å². The molecule has 0 aliphatic rings. The van der Waals surface area contributed by atoms with Crippen molar-refractivity contribution in [3.8, 4) is 17.2 Å². The van der Waals surface area contributed by atoms with Crippen molar-refractivity contribution in [2.75, 3.05) is 0 Å². The largest absolute Gasteiger partial charge is 0.504 e. The third-order valence-electron chi connectivity index (χ3n) is 2.42. The number of benzene rings is 1. The Morgan fingerprint density at radius 2 is 1.89 bits per heavy atom. The van der Waals surface area contributed by atoms with Gasteiger partial charge in [-0.15, -0.1) is 0 Å². The van der Waals surface area contributed by atoms with E-state index in [0.29, 0.717) is 0 Å². The zero-order valence-corrected chi connectivity index (χ0v) is 9.68. The number of ether oxygens (including phenoxy) is 1. The molecular weight excluding hydrogens is 240 g/mol. The van der Waals surface area contributed by atoms with Gasteiger partial charge in [-0.1, -0.05) is 0 Å². The lowest BCUT2D eigenvalue weighted by atomic mass is 10.1. The van der Waals surface area contributed by atoms with E-state index in [1.165, 1.54) is 19.9 Å². The Hall–Kier alpha value is -2.50. The van der Waals surface area contributed by atoms with Crippen molar-refractivity contribution in [1.29, 1.82) is 0 Å². The Balaban J connectivity index is 2.87. The molecule has 6 heteroatoms. The van der Waals surface area contributed by atoms with Crippen molar-refractivity contribution in [3.05, 3.63) is 28.1 Å². The summed E-state index contributed by atoms with van der Waals surface area (Å²) < 4.78 is 9.87. The second-order valence-electron chi connectivity index (χ2n) is 3.77. The molecule has 0 fully saturated rings. The minimum absolute atomic E-state index is 0.0176. The molecule has 0 saturated carbocycles. The summed E-state index contributed by atoms with van der Waals surface area (Å²) in [6, 6.07) is 2.25. The topological polar surface area (TPSA) is 97.0 Å². The van der Waals surface area contributed by atoms with E-state index in [9.17, 15) is 19.8 Å². The van der Waals surface area contributed by atoms with Gasteiger partial charge in [0.1, 0.15) is 5.58 Å². The fraction of sp³-hybridized carbons (Fsp3) is 0.167. The summed E-state index contributed by atoms with van der Waals surface area (Å²) >= 11 is 0. The van der Waals surface area contributed by atoms with Gasteiger partial charge >= 0.3 is 11.6 Å². The van der Waals surface area contributed by atoms with Crippen LogP contribution in [0.5, 0.6) is 17.2 Å². The lowest BCUT2D eigenvalue weighted by Crippen LogP contribution is -2.10.